The van der Waals surface area contributed by atoms with E-state index in [9.17, 15) is 5.26 Å². The average molecular weight is 324 g/mol. The summed E-state index contributed by atoms with van der Waals surface area (Å²) < 4.78 is 2.05. The summed E-state index contributed by atoms with van der Waals surface area (Å²) in [6, 6.07) is 22.3. The topological polar surface area (TPSA) is 57.4 Å². The number of aromatic amines is 1. The fraction of sp³-hybridized carbons (Fsp3) is 0.0476. The lowest BCUT2D eigenvalue weighted by molar-refractivity contribution is 1.06. The van der Waals surface area contributed by atoms with E-state index in [-0.39, 0.29) is 0 Å². The Labute approximate surface area is 145 Å². The minimum Gasteiger partial charge on any atom is -0.337 e. The summed E-state index contributed by atoms with van der Waals surface area (Å²) in [5, 5.41) is 9.63. The van der Waals surface area contributed by atoms with E-state index in [2.05, 4.69) is 16.0 Å². The van der Waals surface area contributed by atoms with Crippen LogP contribution in [0.1, 0.15) is 17.1 Å². The van der Waals surface area contributed by atoms with E-state index in [0.29, 0.717) is 11.4 Å². The lowest BCUT2D eigenvalue weighted by Crippen LogP contribution is -1.95. The maximum atomic E-state index is 9.63. The predicted molar refractivity (Wildman–Crippen MR) is 100 cm³/mol. The van der Waals surface area contributed by atoms with Crippen LogP contribution in [0.5, 0.6) is 0 Å². The Hall–Kier alpha value is -3.58. The molecule has 1 N–H and O–H groups in total. The Morgan fingerprint density at radius 2 is 1.96 bits per heavy atom. The van der Waals surface area contributed by atoms with Crippen molar-refractivity contribution in [3.05, 3.63) is 83.9 Å². The van der Waals surface area contributed by atoms with Gasteiger partial charge in [0.15, 0.2) is 0 Å². The number of para-hydroxylation sites is 1. The zero-order valence-corrected chi connectivity index (χ0v) is 13.8. The fourth-order valence-corrected chi connectivity index (χ4v) is 2.89. The Balaban J connectivity index is 1.79. The molecule has 0 bridgehead atoms. The van der Waals surface area contributed by atoms with Gasteiger partial charge >= 0.3 is 0 Å². The number of rotatable bonds is 3. The molecule has 120 valence electrons. The van der Waals surface area contributed by atoms with Gasteiger partial charge in [-0.05, 0) is 55.0 Å². The molecule has 0 amide bonds. The Morgan fingerprint density at radius 1 is 1.12 bits per heavy atom. The van der Waals surface area contributed by atoms with E-state index in [0.717, 1.165) is 28.0 Å². The van der Waals surface area contributed by atoms with Crippen LogP contribution in [0.15, 0.2) is 66.9 Å². The summed E-state index contributed by atoms with van der Waals surface area (Å²) in [4.78, 5) is 7.80. The highest BCUT2D eigenvalue weighted by Gasteiger charge is 2.10. The second-order valence-electron chi connectivity index (χ2n) is 5.91. The van der Waals surface area contributed by atoms with Gasteiger partial charge in [0.1, 0.15) is 11.9 Å². The molecule has 0 fully saturated rings. The summed E-state index contributed by atoms with van der Waals surface area (Å²) in [6.45, 7) is 2.04. The van der Waals surface area contributed by atoms with E-state index in [1.807, 2.05) is 84.4 Å². The molecule has 0 atom stereocenters. The molecule has 0 saturated carbocycles. The zero-order chi connectivity index (χ0) is 17.2. The van der Waals surface area contributed by atoms with Gasteiger partial charge in [-0.3, -0.25) is 0 Å². The number of nitrogens with one attached hydrogen (secondary N) is 1. The van der Waals surface area contributed by atoms with Crippen molar-refractivity contribution >= 4 is 22.7 Å². The van der Waals surface area contributed by atoms with Crippen molar-refractivity contribution in [3.8, 4) is 11.8 Å². The van der Waals surface area contributed by atoms with E-state index in [4.69, 9.17) is 0 Å². The highest BCUT2D eigenvalue weighted by Crippen LogP contribution is 2.21. The number of allylic oxidation sites excluding steroid dienone is 1. The van der Waals surface area contributed by atoms with Crippen LogP contribution in [0.2, 0.25) is 0 Å². The van der Waals surface area contributed by atoms with Crippen LogP contribution >= 0.6 is 0 Å². The second kappa shape index (κ2) is 6.14. The van der Waals surface area contributed by atoms with Crippen molar-refractivity contribution in [3.63, 3.8) is 0 Å². The summed E-state index contributed by atoms with van der Waals surface area (Å²) in [7, 11) is 0. The maximum Gasteiger partial charge on any atom is 0.149 e. The van der Waals surface area contributed by atoms with Crippen molar-refractivity contribution in [1.82, 2.24) is 14.5 Å². The standard InChI is InChI=1S/C21H16N4/c1-15-9-10-19-20(12-15)24-21(23-19)16(14-22)13-18-8-5-11-25(18)17-6-3-2-4-7-17/h2-13H,1H3,(H,23,24). The highest BCUT2D eigenvalue weighted by atomic mass is 15.0. The number of hydrogen-bond donors (Lipinski definition) is 1. The van der Waals surface area contributed by atoms with Gasteiger partial charge in [0.05, 0.1) is 16.6 Å². The van der Waals surface area contributed by atoms with Gasteiger partial charge in [-0.1, -0.05) is 24.3 Å². The lowest BCUT2D eigenvalue weighted by Gasteiger charge is -2.06. The predicted octanol–water partition coefficient (Wildman–Crippen LogP) is 4.73. The molecule has 2 heterocycles. The van der Waals surface area contributed by atoms with Crippen LogP contribution < -0.4 is 0 Å². The maximum absolute atomic E-state index is 9.63. The number of fused-ring (bicyclic) bond motifs is 1. The third-order valence-corrected chi connectivity index (χ3v) is 4.12. The first-order chi connectivity index (χ1) is 12.2. The minimum atomic E-state index is 0.504. The van der Waals surface area contributed by atoms with Crippen molar-refractivity contribution in [1.29, 1.82) is 5.26 Å². The van der Waals surface area contributed by atoms with E-state index < -0.39 is 0 Å². The first-order valence-electron chi connectivity index (χ1n) is 8.06. The molecule has 0 aliphatic heterocycles. The molecule has 0 radical (unpaired) electrons. The quantitative estimate of drug-likeness (QED) is 0.554. The van der Waals surface area contributed by atoms with Crippen LogP contribution in [0.3, 0.4) is 0 Å². The molecule has 4 aromatic rings. The fourth-order valence-electron chi connectivity index (χ4n) is 2.89. The molecular formula is C21H16N4. The summed E-state index contributed by atoms with van der Waals surface area (Å²) >= 11 is 0. The van der Waals surface area contributed by atoms with Gasteiger partial charge < -0.3 is 9.55 Å². The monoisotopic (exact) mass is 324 g/mol. The largest absolute Gasteiger partial charge is 0.337 e. The lowest BCUT2D eigenvalue weighted by atomic mass is 10.2. The third-order valence-electron chi connectivity index (χ3n) is 4.12. The molecule has 0 saturated heterocycles. The SMILES string of the molecule is Cc1ccc2nc(C(C#N)=Cc3cccn3-c3ccccc3)[nH]c2c1. The van der Waals surface area contributed by atoms with Gasteiger partial charge in [0.2, 0.25) is 0 Å². The number of nitrogens with zero attached hydrogens (tertiary/aromatic N) is 3. The number of imidazole rings is 1. The number of H-pyrrole nitrogens is 1. The Bertz CT molecular complexity index is 1110. The molecule has 25 heavy (non-hydrogen) atoms. The van der Waals surface area contributed by atoms with Crippen LogP contribution in [-0.2, 0) is 0 Å². The number of nitriles is 1. The molecule has 0 aliphatic carbocycles. The number of hydrogen-bond acceptors (Lipinski definition) is 2. The van der Waals surface area contributed by atoms with Gasteiger partial charge in [-0.15, -0.1) is 0 Å². The molecule has 0 spiro atoms. The Morgan fingerprint density at radius 3 is 2.76 bits per heavy atom. The van der Waals surface area contributed by atoms with Crippen molar-refractivity contribution in [2.24, 2.45) is 0 Å². The van der Waals surface area contributed by atoms with Crippen LogP contribution in [-0.4, -0.2) is 14.5 Å². The number of benzene rings is 2. The van der Waals surface area contributed by atoms with Gasteiger partial charge in [-0.2, -0.15) is 5.26 Å². The molecule has 0 unspecified atom stereocenters. The second-order valence-corrected chi connectivity index (χ2v) is 5.91. The van der Waals surface area contributed by atoms with E-state index in [1.165, 1.54) is 0 Å². The summed E-state index contributed by atoms with van der Waals surface area (Å²) in [6.07, 6.45) is 3.84. The van der Waals surface area contributed by atoms with Crippen LogP contribution in [0, 0.1) is 18.3 Å². The van der Waals surface area contributed by atoms with Crippen LogP contribution in [0.4, 0.5) is 0 Å². The van der Waals surface area contributed by atoms with E-state index in [1.54, 1.807) is 0 Å². The number of aryl methyl sites for hydroxylation is 1. The van der Waals surface area contributed by atoms with Crippen molar-refractivity contribution in [2.45, 2.75) is 6.92 Å². The summed E-state index contributed by atoms with van der Waals surface area (Å²) in [5.41, 5.74) is 5.44. The van der Waals surface area contributed by atoms with Gasteiger partial charge in [0.25, 0.3) is 0 Å². The molecular weight excluding hydrogens is 308 g/mol. The first kappa shape index (κ1) is 15.0. The first-order valence-corrected chi connectivity index (χ1v) is 8.06. The van der Waals surface area contributed by atoms with Crippen molar-refractivity contribution in [2.75, 3.05) is 0 Å². The number of aromatic nitrogens is 3. The molecule has 2 aromatic carbocycles. The zero-order valence-electron chi connectivity index (χ0n) is 13.8. The van der Waals surface area contributed by atoms with Gasteiger partial charge in [-0.25, -0.2) is 4.98 Å². The van der Waals surface area contributed by atoms with Gasteiger partial charge in [0, 0.05) is 17.6 Å². The smallest absolute Gasteiger partial charge is 0.149 e. The molecule has 2 aromatic heterocycles. The average Bonchev–Trinajstić information content (AvgIpc) is 3.26. The molecule has 4 heteroatoms. The summed E-state index contributed by atoms with van der Waals surface area (Å²) in [5.74, 6) is 0.587. The minimum absolute atomic E-state index is 0.504. The van der Waals surface area contributed by atoms with Crippen LogP contribution in [0.25, 0.3) is 28.4 Å². The molecule has 4 rings (SSSR count). The molecule has 4 nitrogen and oxygen atoms in total. The molecule has 0 aliphatic rings. The third kappa shape index (κ3) is 2.84. The highest BCUT2D eigenvalue weighted by molar-refractivity contribution is 5.90. The van der Waals surface area contributed by atoms with Crippen molar-refractivity contribution < 1.29 is 0 Å². The van der Waals surface area contributed by atoms with E-state index >= 15 is 0 Å². The Kier molecular flexibility index (Phi) is 3.68. The normalized spacial score (nSPS) is 11.6.